The Morgan fingerprint density at radius 3 is 1.48 bits per heavy atom. The van der Waals surface area contributed by atoms with Gasteiger partial charge in [0.1, 0.15) is 24.9 Å². The molecule has 0 aromatic heterocycles. The SMILES string of the molecule is CCCC/C=C\C/C=C\CCCCCCCC(=O)OCC(COC1OC(C(=O)O)C(O)C(O)C1O)OC(=O)CCCCCCCCCCCCCCCCCCCC. The minimum absolute atomic E-state index is 0.184. The molecule has 6 atom stereocenters. The molecule has 1 fully saturated rings. The smallest absolute Gasteiger partial charge is 0.335 e. The second-order valence-corrected chi connectivity index (χ2v) is 16.3. The van der Waals surface area contributed by atoms with E-state index in [2.05, 4.69) is 38.2 Å². The van der Waals surface area contributed by atoms with Crippen LogP contribution in [0.2, 0.25) is 0 Å². The molecule has 0 aliphatic carbocycles. The number of carbonyl (C=O) groups excluding carboxylic acids is 2. The van der Waals surface area contributed by atoms with Gasteiger partial charge in [-0.25, -0.2) is 4.79 Å². The van der Waals surface area contributed by atoms with E-state index in [1.807, 2.05) is 0 Å². The summed E-state index contributed by atoms with van der Waals surface area (Å²) in [6.07, 6.45) is 32.3. The highest BCUT2D eigenvalue weighted by atomic mass is 16.7. The number of carboxylic acids is 1. The van der Waals surface area contributed by atoms with Crippen LogP contribution >= 0.6 is 0 Å². The van der Waals surface area contributed by atoms with E-state index < -0.39 is 61.3 Å². The quantitative estimate of drug-likeness (QED) is 0.0264. The van der Waals surface area contributed by atoms with Gasteiger partial charge in [0.15, 0.2) is 18.5 Å². The van der Waals surface area contributed by atoms with Crippen LogP contribution in [0.4, 0.5) is 0 Å². The molecule has 0 aromatic carbocycles. The summed E-state index contributed by atoms with van der Waals surface area (Å²) in [7, 11) is 0. The van der Waals surface area contributed by atoms with E-state index in [4.69, 9.17) is 18.9 Å². The van der Waals surface area contributed by atoms with Crippen LogP contribution in [0, 0.1) is 0 Å². The number of unbranched alkanes of at least 4 members (excludes halogenated alkanes) is 24. The molecule has 338 valence electrons. The average Bonchev–Trinajstić information content (AvgIpc) is 3.21. The summed E-state index contributed by atoms with van der Waals surface area (Å²) in [6.45, 7) is 3.78. The number of aliphatic hydroxyl groups excluding tert-OH is 3. The number of ether oxygens (including phenoxy) is 4. The normalized spacial score (nSPS) is 20.2. The van der Waals surface area contributed by atoms with Crippen molar-refractivity contribution in [1.29, 1.82) is 0 Å². The zero-order valence-electron chi connectivity index (χ0n) is 36.5. The van der Waals surface area contributed by atoms with E-state index in [0.29, 0.717) is 12.8 Å². The Kier molecular flexibility index (Phi) is 34.9. The van der Waals surface area contributed by atoms with Gasteiger partial charge >= 0.3 is 17.9 Å². The minimum atomic E-state index is -1.86. The van der Waals surface area contributed by atoms with Crippen LogP contribution in [0.5, 0.6) is 0 Å². The molecular weight excluding hydrogens is 741 g/mol. The lowest BCUT2D eigenvalue weighted by atomic mass is 9.99. The van der Waals surface area contributed by atoms with E-state index in [9.17, 15) is 34.8 Å². The second-order valence-electron chi connectivity index (χ2n) is 16.3. The first-order chi connectivity index (χ1) is 28.2. The van der Waals surface area contributed by atoms with Gasteiger partial charge in [-0.1, -0.05) is 179 Å². The minimum Gasteiger partial charge on any atom is -0.479 e. The largest absolute Gasteiger partial charge is 0.479 e. The van der Waals surface area contributed by atoms with Crippen molar-refractivity contribution in [3.8, 4) is 0 Å². The standard InChI is InChI=1S/C47H84O11/c1-3-5-7-9-11-13-15-17-19-20-21-22-24-26-28-30-32-34-36-41(49)57-39(38-56-47-44(52)42(50)43(51)45(58-47)46(53)54)37-55-40(48)35-33-31-29-27-25-23-18-16-14-12-10-8-6-4-2/h10,12,16,18,39,42-45,47,50-52H,3-9,11,13-15,17,19-38H2,1-2H3,(H,53,54)/b12-10-,18-16-. The Morgan fingerprint density at radius 2 is 0.983 bits per heavy atom. The van der Waals surface area contributed by atoms with Crippen LogP contribution in [-0.4, -0.2) is 88.4 Å². The van der Waals surface area contributed by atoms with E-state index in [1.165, 1.54) is 103 Å². The molecule has 1 saturated heterocycles. The maximum Gasteiger partial charge on any atom is 0.335 e. The maximum atomic E-state index is 12.8. The first-order valence-electron chi connectivity index (χ1n) is 23.4. The first-order valence-corrected chi connectivity index (χ1v) is 23.4. The topological polar surface area (TPSA) is 169 Å². The fourth-order valence-electron chi connectivity index (χ4n) is 7.07. The Balaban J connectivity index is 2.34. The number of aliphatic carboxylic acids is 1. The number of hydrogen-bond acceptors (Lipinski definition) is 10. The highest BCUT2D eigenvalue weighted by Gasteiger charge is 2.47. The third kappa shape index (κ3) is 29.0. The molecule has 1 aliphatic heterocycles. The zero-order chi connectivity index (χ0) is 42.5. The Bertz CT molecular complexity index is 1060. The molecule has 1 rings (SSSR count). The number of rotatable bonds is 39. The highest BCUT2D eigenvalue weighted by Crippen LogP contribution is 2.23. The van der Waals surface area contributed by atoms with Gasteiger partial charge in [-0.2, -0.15) is 0 Å². The molecule has 11 nitrogen and oxygen atoms in total. The highest BCUT2D eigenvalue weighted by molar-refractivity contribution is 5.73. The molecule has 11 heteroatoms. The van der Waals surface area contributed by atoms with Crippen LogP contribution < -0.4 is 0 Å². The second kappa shape index (κ2) is 37.7. The Morgan fingerprint density at radius 1 is 0.534 bits per heavy atom. The molecule has 0 amide bonds. The number of carboxylic acid groups (broad SMARTS) is 1. The van der Waals surface area contributed by atoms with Crippen molar-refractivity contribution in [3.05, 3.63) is 24.3 Å². The van der Waals surface area contributed by atoms with Gasteiger partial charge in [0.2, 0.25) is 0 Å². The van der Waals surface area contributed by atoms with Crippen LogP contribution in [-0.2, 0) is 33.3 Å². The number of allylic oxidation sites excluding steroid dienone is 4. The maximum absolute atomic E-state index is 12.8. The van der Waals surface area contributed by atoms with Crippen molar-refractivity contribution in [2.24, 2.45) is 0 Å². The molecule has 0 bridgehead atoms. The fourth-order valence-corrected chi connectivity index (χ4v) is 7.07. The van der Waals surface area contributed by atoms with E-state index in [1.54, 1.807) is 0 Å². The molecule has 1 aliphatic rings. The molecule has 0 saturated carbocycles. The van der Waals surface area contributed by atoms with Gasteiger partial charge < -0.3 is 39.4 Å². The predicted molar refractivity (Wildman–Crippen MR) is 229 cm³/mol. The average molecular weight is 825 g/mol. The lowest BCUT2D eigenvalue weighted by molar-refractivity contribution is -0.298. The van der Waals surface area contributed by atoms with Crippen LogP contribution in [0.3, 0.4) is 0 Å². The summed E-state index contributed by atoms with van der Waals surface area (Å²) in [5, 5.41) is 39.8. The molecule has 1 heterocycles. The van der Waals surface area contributed by atoms with Crippen molar-refractivity contribution in [1.82, 2.24) is 0 Å². The van der Waals surface area contributed by atoms with Gasteiger partial charge in [0, 0.05) is 12.8 Å². The summed E-state index contributed by atoms with van der Waals surface area (Å²) in [5.74, 6) is -2.45. The van der Waals surface area contributed by atoms with Crippen molar-refractivity contribution >= 4 is 17.9 Å². The monoisotopic (exact) mass is 825 g/mol. The van der Waals surface area contributed by atoms with Crippen molar-refractivity contribution < 1.29 is 53.8 Å². The Hall–Kier alpha value is -2.31. The molecule has 4 N–H and O–H groups in total. The van der Waals surface area contributed by atoms with Crippen molar-refractivity contribution in [3.63, 3.8) is 0 Å². The van der Waals surface area contributed by atoms with Crippen molar-refractivity contribution in [2.75, 3.05) is 13.2 Å². The van der Waals surface area contributed by atoms with Crippen LogP contribution in [0.15, 0.2) is 24.3 Å². The van der Waals surface area contributed by atoms with Gasteiger partial charge in [0.25, 0.3) is 0 Å². The summed E-state index contributed by atoms with van der Waals surface area (Å²) >= 11 is 0. The van der Waals surface area contributed by atoms with Crippen LogP contribution in [0.1, 0.15) is 206 Å². The third-order valence-electron chi connectivity index (χ3n) is 10.8. The number of hydrogen-bond donors (Lipinski definition) is 4. The van der Waals surface area contributed by atoms with E-state index in [0.717, 1.165) is 64.2 Å². The number of esters is 2. The molecule has 0 aromatic rings. The fraction of sp³-hybridized carbons (Fsp3) is 0.851. The van der Waals surface area contributed by atoms with E-state index >= 15 is 0 Å². The molecule has 58 heavy (non-hydrogen) atoms. The number of carbonyl (C=O) groups is 3. The van der Waals surface area contributed by atoms with E-state index in [-0.39, 0.29) is 19.4 Å². The molecule has 6 unspecified atom stereocenters. The summed E-state index contributed by atoms with van der Waals surface area (Å²) in [4.78, 5) is 36.8. The van der Waals surface area contributed by atoms with Gasteiger partial charge in [-0.3, -0.25) is 9.59 Å². The number of aliphatic hydroxyl groups is 3. The van der Waals surface area contributed by atoms with Gasteiger partial charge in [-0.15, -0.1) is 0 Å². The van der Waals surface area contributed by atoms with Crippen molar-refractivity contribution in [2.45, 2.75) is 243 Å². The predicted octanol–water partition coefficient (Wildman–Crippen LogP) is 10.2. The molecular formula is C47H84O11. The summed E-state index contributed by atoms with van der Waals surface area (Å²) in [6, 6.07) is 0. The Labute approximate surface area is 351 Å². The summed E-state index contributed by atoms with van der Waals surface area (Å²) < 4.78 is 21.7. The summed E-state index contributed by atoms with van der Waals surface area (Å²) in [5.41, 5.74) is 0. The lowest BCUT2D eigenvalue weighted by Crippen LogP contribution is -2.60. The first kappa shape index (κ1) is 53.7. The van der Waals surface area contributed by atoms with Crippen LogP contribution in [0.25, 0.3) is 0 Å². The molecule has 0 radical (unpaired) electrons. The van der Waals surface area contributed by atoms with Gasteiger partial charge in [0.05, 0.1) is 6.61 Å². The van der Waals surface area contributed by atoms with Gasteiger partial charge in [-0.05, 0) is 38.5 Å². The molecule has 0 spiro atoms. The lowest BCUT2D eigenvalue weighted by Gasteiger charge is -2.38. The zero-order valence-corrected chi connectivity index (χ0v) is 36.5. The third-order valence-corrected chi connectivity index (χ3v) is 10.8.